The number of ether oxygens (including phenoxy) is 4. The normalized spacial score (nSPS) is 11.2. The molecule has 4 heterocycles. The highest BCUT2D eigenvalue weighted by Crippen LogP contribution is 2.36. The van der Waals surface area contributed by atoms with Crippen LogP contribution in [0.1, 0.15) is 108 Å². The van der Waals surface area contributed by atoms with E-state index in [9.17, 15) is 19.2 Å². The molecule has 14 nitrogen and oxygen atoms in total. The summed E-state index contributed by atoms with van der Waals surface area (Å²) in [5.74, 6) is 3.15. The zero-order valence-corrected chi connectivity index (χ0v) is 54.6. The molecule has 0 radical (unpaired) electrons. The fourth-order valence-electron chi connectivity index (χ4n) is 11.6. The van der Waals surface area contributed by atoms with E-state index in [1.807, 2.05) is 186 Å². The molecule has 0 fully saturated rings. The van der Waals surface area contributed by atoms with Crippen molar-refractivity contribution in [1.29, 1.82) is 0 Å². The molecule has 0 atom stereocenters. The molecule has 0 unspecified atom stereocenters. The molecule has 0 N–H and O–H groups in total. The van der Waals surface area contributed by atoms with Crippen molar-refractivity contribution in [2.24, 2.45) is 25.4 Å². The predicted molar refractivity (Wildman–Crippen MR) is 359 cm³/mol. The van der Waals surface area contributed by atoms with Crippen LogP contribution in [-0.4, -0.2) is 71.1 Å². The summed E-state index contributed by atoms with van der Waals surface area (Å²) in [5.41, 5.74) is 10.7. The molecular weight excluding hydrogens is 1160 g/mol. The monoisotopic (exact) mass is 1250 g/mol. The highest BCUT2D eigenvalue weighted by molar-refractivity contribution is 6.16. The Morgan fingerprint density at radius 1 is 0.451 bits per heavy atom. The van der Waals surface area contributed by atoms with Crippen LogP contribution in [0.15, 0.2) is 179 Å². The average Bonchev–Trinajstić information content (AvgIpc) is 1.69. The van der Waals surface area contributed by atoms with Gasteiger partial charge < -0.3 is 27.8 Å². The number of nitrogens with zero attached hydrogens (tertiary/aromatic N) is 4. The molecular formula is C76H85ClN4O10. The Hall–Kier alpha value is -9.01. The van der Waals surface area contributed by atoms with Crippen molar-refractivity contribution in [3.63, 3.8) is 0 Å². The second-order valence-electron chi connectivity index (χ2n) is 23.3. The maximum atomic E-state index is 14.5. The quantitative estimate of drug-likeness (QED) is 0.0298. The number of carbonyl (C=O) groups is 4. The first-order valence-corrected chi connectivity index (χ1v) is 31.7. The van der Waals surface area contributed by atoms with Crippen molar-refractivity contribution in [1.82, 2.24) is 19.6 Å². The number of ketones is 4. The van der Waals surface area contributed by atoms with E-state index in [2.05, 4.69) is 10.2 Å². The Morgan fingerprint density at radius 2 is 0.802 bits per heavy atom. The van der Waals surface area contributed by atoms with Gasteiger partial charge in [0, 0.05) is 62.7 Å². The van der Waals surface area contributed by atoms with Crippen molar-refractivity contribution < 1.29 is 47.0 Å². The first kappa shape index (κ1) is 67.9. The predicted octanol–water partition coefficient (Wildman–Crippen LogP) is 15.7. The second kappa shape index (κ2) is 33.7. The van der Waals surface area contributed by atoms with Gasteiger partial charge in [0.2, 0.25) is 0 Å². The molecule has 4 aromatic heterocycles. The molecule has 0 amide bonds. The van der Waals surface area contributed by atoms with E-state index in [0.717, 1.165) is 127 Å². The Bertz CT molecular complexity index is 3800. The van der Waals surface area contributed by atoms with Gasteiger partial charge in [0.25, 0.3) is 0 Å². The summed E-state index contributed by atoms with van der Waals surface area (Å²) in [4.78, 5) is 55.7. The minimum atomic E-state index is -1.22. The molecule has 0 aliphatic carbocycles. The second-order valence-corrected chi connectivity index (χ2v) is 23.6. The number of hydrogen-bond donors (Lipinski definition) is 0. The van der Waals surface area contributed by atoms with Gasteiger partial charge in [0.05, 0.1) is 75.3 Å². The Balaban J connectivity index is 0.000000209. The number of Topliss-reactive ketones (excluding diaryl/α,β-unsaturated/α-hetero) is 4. The van der Waals surface area contributed by atoms with Crippen LogP contribution in [0, 0.1) is 25.2 Å². The van der Waals surface area contributed by atoms with Gasteiger partial charge in [0.15, 0.2) is 0 Å². The van der Waals surface area contributed by atoms with E-state index in [-0.39, 0.29) is 23.1 Å². The van der Waals surface area contributed by atoms with Crippen LogP contribution in [0.4, 0.5) is 0 Å². The SMILES string of the molecule is COc1ccc(CCCC(=O)C(Cc2ccc3occc3c2)(Cc2cc(C)nn2C)C(=O)CCCc2ccc(OC)cc2)cc1.COc1ccc(CCCC(=O)C(Cc2ccc3occc3c2)C(=O)CCCc2ccc(OC)cc2)cc1.Cc1cc(CCl)n(C)n1. The van der Waals surface area contributed by atoms with Crippen molar-refractivity contribution in [2.75, 3.05) is 28.4 Å². The molecule has 0 saturated carbocycles. The molecule has 91 heavy (non-hydrogen) atoms. The van der Waals surface area contributed by atoms with Gasteiger partial charge in [-0.05, 0) is 208 Å². The number of methoxy groups -OCH3 is 4. The molecule has 0 saturated heterocycles. The standard InChI is InChI=1S/C38H42N2O5.C32H34O5.C6H9ClN2/c1-27-23-32(40(2)39-27)26-38(25-30-15-20-35-31(24-30)21-22-45-35,36(41)9-5-7-28-11-16-33(43-3)17-12-28)37(42)10-6-8-29-13-18-34(44-4)19-14-29;1-35-27-14-9-23(10-15-27)5-3-7-30(33)29(22-25-13-18-32-26(21-25)19-20-37-32)31(34)8-4-6-24-11-16-28(36-2)17-12-24;1-5-3-6(4-7)9(2)8-5/h11-24H,5-10,25-26H2,1-4H3;9-21,29H,3-8,22H2,1-2H3;3H,4H2,1-2H3. The van der Waals surface area contributed by atoms with Gasteiger partial charge >= 0.3 is 0 Å². The molecule has 10 rings (SSSR count). The van der Waals surface area contributed by atoms with E-state index in [0.29, 0.717) is 76.5 Å². The van der Waals surface area contributed by atoms with Gasteiger partial charge in [-0.2, -0.15) is 10.2 Å². The van der Waals surface area contributed by atoms with Gasteiger partial charge in [0.1, 0.15) is 57.3 Å². The fourth-order valence-corrected chi connectivity index (χ4v) is 11.9. The summed E-state index contributed by atoms with van der Waals surface area (Å²) in [6, 6.07) is 51.2. The van der Waals surface area contributed by atoms with Crippen LogP contribution in [0.2, 0.25) is 0 Å². The molecule has 6 aromatic carbocycles. The number of carbonyl (C=O) groups excluding carboxylic acids is 4. The number of aryl methyl sites for hydroxylation is 8. The number of fused-ring (bicyclic) bond motifs is 2. The van der Waals surface area contributed by atoms with Crippen LogP contribution in [0.5, 0.6) is 23.0 Å². The van der Waals surface area contributed by atoms with Crippen molar-refractivity contribution in [2.45, 2.75) is 116 Å². The average molecular weight is 1250 g/mol. The summed E-state index contributed by atoms with van der Waals surface area (Å²) in [7, 11) is 10.4. The fraction of sp³-hybridized carbons (Fsp3) is 0.342. The lowest BCUT2D eigenvalue weighted by molar-refractivity contribution is -0.141. The first-order chi connectivity index (χ1) is 44.1. The van der Waals surface area contributed by atoms with Crippen LogP contribution < -0.4 is 18.9 Å². The molecule has 476 valence electrons. The topological polar surface area (TPSA) is 167 Å². The molecule has 0 bridgehead atoms. The highest BCUT2D eigenvalue weighted by Gasteiger charge is 2.45. The van der Waals surface area contributed by atoms with Gasteiger partial charge in [-0.1, -0.05) is 60.7 Å². The Labute approximate surface area is 539 Å². The van der Waals surface area contributed by atoms with Crippen LogP contribution in [0.3, 0.4) is 0 Å². The Morgan fingerprint density at radius 3 is 1.15 bits per heavy atom. The summed E-state index contributed by atoms with van der Waals surface area (Å²) in [6.45, 7) is 3.89. The van der Waals surface area contributed by atoms with E-state index in [4.69, 9.17) is 39.4 Å². The van der Waals surface area contributed by atoms with E-state index in [1.54, 1.807) is 50.3 Å². The van der Waals surface area contributed by atoms with Crippen LogP contribution in [0.25, 0.3) is 21.9 Å². The molecule has 10 aromatic rings. The summed E-state index contributed by atoms with van der Waals surface area (Å²) < 4.78 is 35.6. The highest BCUT2D eigenvalue weighted by atomic mass is 35.5. The number of aromatic nitrogens is 4. The van der Waals surface area contributed by atoms with Gasteiger partial charge in [-0.3, -0.25) is 28.5 Å². The number of furan rings is 2. The summed E-state index contributed by atoms with van der Waals surface area (Å²) >= 11 is 5.58. The van der Waals surface area contributed by atoms with E-state index in [1.165, 1.54) is 0 Å². The number of halogens is 1. The number of alkyl halides is 1. The first-order valence-electron chi connectivity index (χ1n) is 31.2. The number of hydrogen-bond acceptors (Lipinski definition) is 12. The summed E-state index contributed by atoms with van der Waals surface area (Å²) in [6.07, 6.45) is 11.5. The zero-order chi connectivity index (χ0) is 64.7. The van der Waals surface area contributed by atoms with E-state index < -0.39 is 11.3 Å². The van der Waals surface area contributed by atoms with Gasteiger partial charge in [-0.15, -0.1) is 11.6 Å². The number of rotatable bonds is 31. The third kappa shape index (κ3) is 19.5. The molecule has 15 heteroatoms. The lowest BCUT2D eigenvalue weighted by atomic mass is 9.68. The van der Waals surface area contributed by atoms with Crippen molar-refractivity contribution >= 4 is 56.7 Å². The van der Waals surface area contributed by atoms with Crippen molar-refractivity contribution in [3.8, 4) is 23.0 Å². The molecule has 0 aliphatic rings. The molecule has 0 spiro atoms. The van der Waals surface area contributed by atoms with Gasteiger partial charge in [-0.25, -0.2) is 0 Å². The van der Waals surface area contributed by atoms with E-state index >= 15 is 0 Å². The third-order valence-corrected chi connectivity index (χ3v) is 17.1. The maximum absolute atomic E-state index is 14.5. The lowest BCUT2D eigenvalue weighted by Crippen LogP contribution is -2.44. The lowest BCUT2D eigenvalue weighted by Gasteiger charge is -2.32. The largest absolute Gasteiger partial charge is 0.497 e. The van der Waals surface area contributed by atoms with Crippen molar-refractivity contribution in [3.05, 3.63) is 226 Å². The molecule has 0 aliphatic heterocycles. The maximum Gasteiger partial charge on any atom is 0.147 e. The number of benzene rings is 6. The minimum Gasteiger partial charge on any atom is -0.497 e. The Kier molecular flexibility index (Phi) is 25.2. The zero-order valence-electron chi connectivity index (χ0n) is 53.8. The smallest absolute Gasteiger partial charge is 0.147 e. The summed E-state index contributed by atoms with van der Waals surface area (Å²) in [5, 5.41) is 10.6. The van der Waals surface area contributed by atoms with Crippen LogP contribution >= 0.6 is 11.6 Å². The van der Waals surface area contributed by atoms with Crippen LogP contribution in [-0.2, 0) is 84.1 Å². The minimum absolute atomic E-state index is 0.0170. The third-order valence-electron chi connectivity index (χ3n) is 16.8.